The fourth-order valence-corrected chi connectivity index (χ4v) is 1.71. The zero-order chi connectivity index (χ0) is 15.0. The molecule has 0 bridgehead atoms. The number of nitrogens with two attached hydrogens (primary N) is 1. The van der Waals surface area contributed by atoms with E-state index in [1.165, 1.54) is 0 Å². The number of alkyl halides is 1. The number of ether oxygens (including phenoxy) is 2. The summed E-state index contributed by atoms with van der Waals surface area (Å²) in [5.41, 5.74) is 6.30. The van der Waals surface area contributed by atoms with Gasteiger partial charge in [0.1, 0.15) is 12.4 Å². The highest BCUT2D eigenvalue weighted by Crippen LogP contribution is 2.13. The van der Waals surface area contributed by atoms with Gasteiger partial charge in [-0.2, -0.15) is 0 Å². The van der Waals surface area contributed by atoms with Crippen LogP contribution in [0.4, 0.5) is 0 Å². The van der Waals surface area contributed by atoms with Gasteiger partial charge in [-0.15, -0.1) is 11.6 Å². The molecule has 0 heterocycles. The van der Waals surface area contributed by atoms with Crippen molar-refractivity contribution in [1.29, 1.82) is 0 Å². The number of halogens is 1. The van der Waals surface area contributed by atoms with Gasteiger partial charge >= 0.3 is 5.97 Å². The van der Waals surface area contributed by atoms with E-state index >= 15 is 0 Å². The van der Waals surface area contributed by atoms with Gasteiger partial charge in [0.05, 0.1) is 19.4 Å². The van der Waals surface area contributed by atoms with Gasteiger partial charge in [0, 0.05) is 18.0 Å². The number of methoxy groups -OCH3 is 1. The number of carbonyl (C=O) groups excluding carboxylic acids is 2. The Labute approximate surface area is 123 Å². The molecule has 0 radical (unpaired) electrons. The highest BCUT2D eigenvalue weighted by atomic mass is 35.5. The first-order valence-electron chi connectivity index (χ1n) is 6.21. The molecule has 1 atom stereocenters. The summed E-state index contributed by atoms with van der Waals surface area (Å²) < 4.78 is 9.81. The van der Waals surface area contributed by atoms with E-state index in [9.17, 15) is 9.59 Å². The zero-order valence-corrected chi connectivity index (χ0v) is 12.1. The normalized spacial score (nSPS) is 11.8. The summed E-state index contributed by atoms with van der Waals surface area (Å²) in [7, 11) is 1.55. The van der Waals surface area contributed by atoms with Gasteiger partial charge in [-0.05, 0) is 24.3 Å². The molecule has 0 aromatic heterocycles. The van der Waals surface area contributed by atoms with Crippen LogP contribution in [0.25, 0.3) is 0 Å². The maximum Gasteiger partial charge on any atom is 0.307 e. The molecule has 0 aliphatic heterocycles. The topological polar surface area (TPSA) is 78.6 Å². The van der Waals surface area contributed by atoms with Crippen molar-refractivity contribution in [3.8, 4) is 5.75 Å². The van der Waals surface area contributed by atoms with Gasteiger partial charge in [-0.1, -0.05) is 0 Å². The molecule has 0 aliphatic rings. The van der Waals surface area contributed by atoms with Crippen molar-refractivity contribution in [3.63, 3.8) is 0 Å². The Hall–Kier alpha value is -1.59. The zero-order valence-electron chi connectivity index (χ0n) is 11.3. The Morgan fingerprint density at radius 2 is 1.90 bits per heavy atom. The van der Waals surface area contributed by atoms with E-state index in [0.717, 1.165) is 0 Å². The first-order valence-corrected chi connectivity index (χ1v) is 6.74. The number of hydrogen-bond donors (Lipinski definition) is 1. The van der Waals surface area contributed by atoms with E-state index in [-0.39, 0.29) is 31.1 Å². The third-order valence-electron chi connectivity index (χ3n) is 2.63. The van der Waals surface area contributed by atoms with Gasteiger partial charge in [0.15, 0.2) is 5.78 Å². The molecule has 1 unspecified atom stereocenters. The molecule has 0 saturated carbocycles. The average Bonchev–Trinajstić information content (AvgIpc) is 2.45. The fourth-order valence-electron chi connectivity index (χ4n) is 1.63. The Morgan fingerprint density at radius 3 is 2.45 bits per heavy atom. The van der Waals surface area contributed by atoms with Crippen molar-refractivity contribution >= 4 is 23.4 Å². The standard InChI is InChI=1S/C14H18ClNO4/c1-19-12-4-2-10(3-5-12)13(17)8-11(16)9-14(18)20-7-6-15/h2-5,11H,6-9,16H2,1H3. The van der Waals surface area contributed by atoms with Crippen molar-refractivity contribution in [1.82, 2.24) is 0 Å². The first-order chi connectivity index (χ1) is 9.56. The quantitative estimate of drug-likeness (QED) is 0.449. The summed E-state index contributed by atoms with van der Waals surface area (Å²) in [5, 5.41) is 0. The Kier molecular flexibility index (Phi) is 7.04. The number of ketones is 1. The third kappa shape index (κ3) is 5.59. The van der Waals surface area contributed by atoms with Crippen molar-refractivity contribution in [2.24, 2.45) is 5.73 Å². The lowest BCUT2D eigenvalue weighted by atomic mass is 10.0. The van der Waals surface area contributed by atoms with Gasteiger partial charge in [-0.3, -0.25) is 9.59 Å². The predicted molar refractivity (Wildman–Crippen MR) is 76.2 cm³/mol. The molecule has 0 spiro atoms. The van der Waals surface area contributed by atoms with Crippen LogP contribution in [0.15, 0.2) is 24.3 Å². The largest absolute Gasteiger partial charge is 0.497 e. The van der Waals surface area contributed by atoms with Crippen molar-refractivity contribution in [2.45, 2.75) is 18.9 Å². The average molecular weight is 300 g/mol. The van der Waals surface area contributed by atoms with Gasteiger partial charge < -0.3 is 15.2 Å². The van der Waals surface area contributed by atoms with Crippen LogP contribution in [0.2, 0.25) is 0 Å². The lowest BCUT2D eigenvalue weighted by Crippen LogP contribution is -2.28. The van der Waals surface area contributed by atoms with Crippen LogP contribution in [0.1, 0.15) is 23.2 Å². The number of rotatable bonds is 8. The van der Waals surface area contributed by atoms with E-state index in [1.807, 2.05) is 0 Å². The molecule has 0 fully saturated rings. The number of benzene rings is 1. The third-order valence-corrected chi connectivity index (χ3v) is 2.78. The van der Waals surface area contributed by atoms with Crippen molar-refractivity contribution in [3.05, 3.63) is 29.8 Å². The molecule has 0 amide bonds. The van der Waals surface area contributed by atoms with Crippen molar-refractivity contribution in [2.75, 3.05) is 19.6 Å². The van der Waals surface area contributed by atoms with Crippen LogP contribution < -0.4 is 10.5 Å². The number of Topliss-reactive ketones (excluding diaryl/α,β-unsaturated/α-hetero) is 1. The SMILES string of the molecule is COc1ccc(C(=O)CC(N)CC(=O)OCCCl)cc1. The molecule has 1 rings (SSSR count). The van der Waals surface area contributed by atoms with Crippen LogP contribution in [-0.4, -0.2) is 37.4 Å². The predicted octanol–water partition coefficient (Wildman–Crippen LogP) is 1.77. The van der Waals surface area contributed by atoms with E-state index in [4.69, 9.17) is 26.8 Å². The number of esters is 1. The highest BCUT2D eigenvalue weighted by Gasteiger charge is 2.16. The minimum absolute atomic E-state index is 0.00121. The molecule has 6 heteroatoms. The summed E-state index contributed by atoms with van der Waals surface area (Å²) in [6, 6.07) is 6.17. The molecular formula is C14H18ClNO4. The van der Waals surface area contributed by atoms with Gasteiger partial charge in [0.25, 0.3) is 0 Å². The second-order valence-electron chi connectivity index (χ2n) is 4.23. The maximum atomic E-state index is 12.0. The van der Waals surface area contributed by atoms with E-state index in [2.05, 4.69) is 0 Å². The van der Waals surface area contributed by atoms with Crippen LogP contribution >= 0.6 is 11.6 Å². The molecule has 20 heavy (non-hydrogen) atoms. The minimum atomic E-state index is -0.563. The summed E-state index contributed by atoms with van der Waals surface area (Å²) in [4.78, 5) is 23.3. The molecule has 110 valence electrons. The van der Waals surface area contributed by atoms with Gasteiger partial charge in [0.2, 0.25) is 0 Å². The fraction of sp³-hybridized carbons (Fsp3) is 0.429. The Bertz CT molecular complexity index is 447. The smallest absolute Gasteiger partial charge is 0.307 e. The van der Waals surface area contributed by atoms with E-state index in [0.29, 0.717) is 11.3 Å². The Morgan fingerprint density at radius 1 is 1.25 bits per heavy atom. The lowest BCUT2D eigenvalue weighted by molar-refractivity contribution is -0.143. The molecule has 1 aromatic rings. The summed E-state index contributed by atoms with van der Waals surface area (Å²) in [6.07, 6.45) is 0.0844. The second kappa shape index (κ2) is 8.55. The maximum absolute atomic E-state index is 12.0. The Balaban J connectivity index is 2.46. The summed E-state index contributed by atoms with van der Waals surface area (Å²) >= 11 is 5.40. The van der Waals surface area contributed by atoms with Crippen LogP contribution in [0.3, 0.4) is 0 Å². The molecule has 2 N–H and O–H groups in total. The molecule has 5 nitrogen and oxygen atoms in total. The molecule has 1 aromatic carbocycles. The van der Waals surface area contributed by atoms with Gasteiger partial charge in [-0.25, -0.2) is 0 Å². The monoisotopic (exact) mass is 299 g/mol. The lowest BCUT2D eigenvalue weighted by Gasteiger charge is -2.10. The summed E-state index contributed by atoms with van der Waals surface area (Å²) in [6.45, 7) is 0.152. The number of carbonyl (C=O) groups is 2. The van der Waals surface area contributed by atoms with E-state index < -0.39 is 12.0 Å². The minimum Gasteiger partial charge on any atom is -0.497 e. The van der Waals surface area contributed by atoms with Crippen LogP contribution in [0.5, 0.6) is 5.75 Å². The molecule has 0 aliphatic carbocycles. The first kappa shape index (κ1) is 16.5. The second-order valence-corrected chi connectivity index (χ2v) is 4.61. The number of hydrogen-bond acceptors (Lipinski definition) is 5. The molecule has 0 saturated heterocycles. The summed E-state index contributed by atoms with van der Waals surface area (Å²) in [5.74, 6) is 0.354. The van der Waals surface area contributed by atoms with E-state index in [1.54, 1.807) is 31.4 Å². The van der Waals surface area contributed by atoms with Crippen molar-refractivity contribution < 1.29 is 19.1 Å². The molecular weight excluding hydrogens is 282 g/mol. The highest BCUT2D eigenvalue weighted by molar-refractivity contribution is 6.18. The van der Waals surface area contributed by atoms with Crippen LogP contribution in [0, 0.1) is 0 Å². The van der Waals surface area contributed by atoms with Crippen LogP contribution in [-0.2, 0) is 9.53 Å².